The van der Waals surface area contributed by atoms with Crippen molar-refractivity contribution in [2.75, 3.05) is 0 Å². The summed E-state index contributed by atoms with van der Waals surface area (Å²) in [5.74, 6) is 0. The summed E-state index contributed by atoms with van der Waals surface area (Å²) in [6.45, 7) is 2.14. The molecule has 0 saturated heterocycles. The zero-order chi connectivity index (χ0) is 2.99. The van der Waals surface area contributed by atoms with Gasteiger partial charge in [-0.1, -0.05) is 11.6 Å². The van der Waals surface area contributed by atoms with Crippen molar-refractivity contribution >= 4 is 18.9 Å². The molecule has 0 amide bonds. The number of allylic oxidation sites excluding steroid dienone is 2. The van der Waals surface area contributed by atoms with E-state index in [1.165, 1.54) is 6.42 Å². The molecule has 0 radical (unpaired) electrons. The molecule has 0 aromatic heterocycles. The Bertz CT molecular complexity index is 54.7. The van der Waals surface area contributed by atoms with Gasteiger partial charge in [-0.3, -0.25) is 0 Å². The third-order valence-corrected chi connectivity index (χ3v) is 0.612. The predicted molar refractivity (Wildman–Crippen MR) is 25.5 cm³/mol. The van der Waals surface area contributed by atoms with Gasteiger partial charge < -0.3 is 0 Å². The van der Waals surface area contributed by atoms with Gasteiger partial charge in [-0.2, -0.15) is 0 Å². The van der Waals surface area contributed by atoms with Gasteiger partial charge in [-0.05, 0) is 13.3 Å². The van der Waals surface area contributed by atoms with Crippen molar-refractivity contribution in [3.05, 3.63) is 11.6 Å². The van der Waals surface area contributed by atoms with Gasteiger partial charge in [-0.15, -0.1) is 0 Å². The minimum atomic E-state index is 0. The summed E-state index contributed by atoms with van der Waals surface area (Å²) in [4.78, 5) is 0. The average Bonchev–Trinajstić information content (AvgIpc) is 1.75. The van der Waals surface area contributed by atoms with Crippen LogP contribution in [-0.4, -0.2) is 18.9 Å². The molecule has 0 heterocycles. The van der Waals surface area contributed by atoms with Crippen LogP contribution in [0.1, 0.15) is 13.3 Å². The fourth-order valence-corrected chi connectivity index (χ4v) is 0.102. The van der Waals surface area contributed by atoms with Crippen molar-refractivity contribution in [3.8, 4) is 0 Å². The molecule has 0 spiro atoms. The Kier molecular flexibility index (Phi) is 1.81. The van der Waals surface area contributed by atoms with Crippen molar-refractivity contribution < 1.29 is 0 Å². The van der Waals surface area contributed by atoms with Gasteiger partial charge >= 0.3 is 18.9 Å². The van der Waals surface area contributed by atoms with Crippen LogP contribution in [0.15, 0.2) is 11.6 Å². The van der Waals surface area contributed by atoms with Crippen LogP contribution in [0.3, 0.4) is 0 Å². The Morgan fingerprint density at radius 1 is 1.80 bits per heavy atom. The Hall–Kier alpha value is 0.337. The topological polar surface area (TPSA) is 0 Å². The monoisotopic (exact) mass is 62.1 g/mol. The first kappa shape index (κ1) is 5.34. The van der Waals surface area contributed by atoms with E-state index in [0.717, 1.165) is 0 Å². The molecule has 0 N–H and O–H groups in total. The van der Waals surface area contributed by atoms with Crippen LogP contribution < -0.4 is 0 Å². The minimum absolute atomic E-state index is 0. The van der Waals surface area contributed by atoms with E-state index in [9.17, 15) is 0 Å². The fourth-order valence-electron chi connectivity index (χ4n) is 0.102. The van der Waals surface area contributed by atoms with Crippen LogP contribution in [0, 0.1) is 0 Å². The van der Waals surface area contributed by atoms with Crippen molar-refractivity contribution in [2.45, 2.75) is 13.3 Å². The molecule has 0 nitrogen and oxygen atoms in total. The quantitative estimate of drug-likeness (QED) is 0.286. The molecule has 1 rings (SSSR count). The van der Waals surface area contributed by atoms with E-state index < -0.39 is 0 Å². The molecule has 0 aliphatic heterocycles. The normalized spacial score (nSPS) is 15.8. The zero-order valence-electron chi connectivity index (χ0n) is 2.78. The molecule has 0 unspecified atom stereocenters. The van der Waals surface area contributed by atoms with Crippen LogP contribution in [0.5, 0.6) is 0 Å². The predicted octanol–water partition coefficient (Wildman–Crippen LogP) is 0.688. The Balaban J connectivity index is 0.000000160. The molecule has 0 atom stereocenters. The van der Waals surface area contributed by atoms with E-state index in [0.29, 0.717) is 0 Å². The second-order valence-corrected chi connectivity index (χ2v) is 1.25. The van der Waals surface area contributed by atoms with E-state index in [2.05, 4.69) is 13.0 Å². The summed E-state index contributed by atoms with van der Waals surface area (Å²) in [7, 11) is 0. The standard InChI is InChI=1S/C4H6.Li.H/c1-4-2-3-4;;/h2H,3H2,1H3;;. The first-order valence-electron chi connectivity index (χ1n) is 1.55. The van der Waals surface area contributed by atoms with Crippen LogP contribution in [0.2, 0.25) is 0 Å². The van der Waals surface area contributed by atoms with Gasteiger partial charge in [0.05, 0.1) is 0 Å². The molecule has 0 fully saturated rings. The Morgan fingerprint density at radius 3 is 2.00 bits per heavy atom. The fraction of sp³-hybridized carbons (Fsp3) is 0.500. The number of rotatable bonds is 0. The van der Waals surface area contributed by atoms with Gasteiger partial charge in [0.1, 0.15) is 0 Å². The van der Waals surface area contributed by atoms with Gasteiger partial charge in [-0.25, -0.2) is 0 Å². The summed E-state index contributed by atoms with van der Waals surface area (Å²) >= 11 is 0. The van der Waals surface area contributed by atoms with Crippen molar-refractivity contribution in [2.24, 2.45) is 0 Å². The van der Waals surface area contributed by atoms with Gasteiger partial charge in [0.25, 0.3) is 0 Å². The second kappa shape index (κ2) is 1.70. The maximum atomic E-state index is 2.21. The average molecular weight is 62.0 g/mol. The SMILES string of the molecule is CC1=CC1.[LiH]. The van der Waals surface area contributed by atoms with Gasteiger partial charge in [0, 0.05) is 0 Å². The van der Waals surface area contributed by atoms with Crippen LogP contribution in [-0.2, 0) is 0 Å². The molecule has 5 heavy (non-hydrogen) atoms. The molecule has 1 heteroatoms. The third kappa shape index (κ3) is 2.13. The summed E-state index contributed by atoms with van der Waals surface area (Å²) < 4.78 is 0. The molecule has 0 bridgehead atoms. The molecular weight excluding hydrogens is 55.0 g/mol. The first-order chi connectivity index (χ1) is 1.89. The van der Waals surface area contributed by atoms with E-state index in [4.69, 9.17) is 0 Å². The van der Waals surface area contributed by atoms with Crippen molar-refractivity contribution in [1.82, 2.24) is 0 Å². The second-order valence-electron chi connectivity index (χ2n) is 1.25. The molecule has 0 saturated carbocycles. The molecule has 1 aliphatic rings. The van der Waals surface area contributed by atoms with E-state index in [-0.39, 0.29) is 18.9 Å². The van der Waals surface area contributed by atoms with Crippen molar-refractivity contribution in [3.63, 3.8) is 0 Å². The van der Waals surface area contributed by atoms with E-state index in [1.54, 1.807) is 5.57 Å². The number of hydrogen-bond donors (Lipinski definition) is 0. The Labute approximate surface area is 44.4 Å². The number of hydrogen-bond acceptors (Lipinski definition) is 0. The van der Waals surface area contributed by atoms with Gasteiger partial charge in [0.15, 0.2) is 0 Å². The van der Waals surface area contributed by atoms with Crippen LogP contribution in [0.4, 0.5) is 0 Å². The summed E-state index contributed by atoms with van der Waals surface area (Å²) in [6.07, 6.45) is 3.49. The molecule has 0 aromatic rings. The van der Waals surface area contributed by atoms with Gasteiger partial charge in [0.2, 0.25) is 0 Å². The molecule has 1 aliphatic carbocycles. The Morgan fingerprint density at radius 2 is 2.00 bits per heavy atom. The first-order valence-corrected chi connectivity index (χ1v) is 1.55. The van der Waals surface area contributed by atoms with E-state index in [1.807, 2.05) is 0 Å². The summed E-state index contributed by atoms with van der Waals surface area (Å²) in [5, 5.41) is 0. The molecular formula is C4H7Li. The maximum absolute atomic E-state index is 2.21. The summed E-state index contributed by atoms with van der Waals surface area (Å²) in [5.41, 5.74) is 1.54. The van der Waals surface area contributed by atoms with Crippen LogP contribution >= 0.6 is 0 Å². The molecule has 0 aromatic carbocycles. The van der Waals surface area contributed by atoms with E-state index >= 15 is 0 Å². The third-order valence-electron chi connectivity index (χ3n) is 0.612. The summed E-state index contributed by atoms with van der Waals surface area (Å²) in [6, 6.07) is 0. The zero-order valence-corrected chi connectivity index (χ0v) is 2.78. The van der Waals surface area contributed by atoms with Crippen LogP contribution in [0.25, 0.3) is 0 Å². The van der Waals surface area contributed by atoms with Crippen molar-refractivity contribution in [1.29, 1.82) is 0 Å². The molecule has 24 valence electrons.